The number of aromatic amines is 1. The Labute approximate surface area is 158 Å². The van der Waals surface area contributed by atoms with Gasteiger partial charge in [-0.1, -0.05) is 12.1 Å². The van der Waals surface area contributed by atoms with Crippen molar-refractivity contribution in [1.82, 2.24) is 38.7 Å². The SMILES string of the molecule is CCn1c(-c2c(C)nc3n2nc2c4ccccc4nc(OC)n23)n[nH]c1=S. The van der Waals surface area contributed by atoms with Crippen molar-refractivity contribution in [2.75, 3.05) is 7.11 Å². The van der Waals surface area contributed by atoms with E-state index in [-0.39, 0.29) is 0 Å². The molecule has 10 heteroatoms. The quantitative estimate of drug-likeness (QED) is 0.484. The number of aryl methyl sites for hydroxylation is 1. The normalized spacial score (nSPS) is 11.8. The summed E-state index contributed by atoms with van der Waals surface area (Å²) in [5.41, 5.74) is 3.11. The molecule has 27 heavy (non-hydrogen) atoms. The van der Waals surface area contributed by atoms with Crippen LogP contribution in [-0.4, -0.2) is 45.9 Å². The van der Waals surface area contributed by atoms with Crippen LogP contribution >= 0.6 is 12.2 Å². The first-order chi connectivity index (χ1) is 13.1. The van der Waals surface area contributed by atoms with Gasteiger partial charge in [-0.3, -0.25) is 9.67 Å². The fourth-order valence-electron chi connectivity index (χ4n) is 3.43. The lowest BCUT2D eigenvalue weighted by Crippen LogP contribution is -2.01. The van der Waals surface area contributed by atoms with Gasteiger partial charge in [-0.05, 0) is 38.2 Å². The first-order valence-corrected chi connectivity index (χ1v) is 8.91. The predicted octanol–water partition coefficient (Wildman–Crippen LogP) is 2.79. The topological polar surface area (TPSA) is 90.3 Å². The molecule has 1 aromatic carbocycles. The van der Waals surface area contributed by atoms with Crippen molar-refractivity contribution in [1.29, 1.82) is 0 Å². The number of benzene rings is 1. The van der Waals surface area contributed by atoms with Crippen LogP contribution in [0.25, 0.3) is 33.8 Å². The molecule has 136 valence electrons. The Hall–Kier alpha value is -3.27. The van der Waals surface area contributed by atoms with Gasteiger partial charge in [-0.2, -0.15) is 14.6 Å². The van der Waals surface area contributed by atoms with E-state index in [0.29, 0.717) is 28.9 Å². The van der Waals surface area contributed by atoms with Gasteiger partial charge in [0.25, 0.3) is 0 Å². The predicted molar refractivity (Wildman–Crippen MR) is 103 cm³/mol. The second-order valence-electron chi connectivity index (χ2n) is 6.13. The van der Waals surface area contributed by atoms with Crippen LogP contribution in [0.4, 0.5) is 0 Å². The van der Waals surface area contributed by atoms with E-state index in [1.807, 2.05) is 47.1 Å². The Morgan fingerprint density at radius 2 is 2.04 bits per heavy atom. The zero-order chi connectivity index (χ0) is 18.7. The van der Waals surface area contributed by atoms with E-state index in [1.165, 1.54) is 0 Å². The lowest BCUT2D eigenvalue weighted by atomic mass is 10.2. The number of imidazole rings is 1. The van der Waals surface area contributed by atoms with Crippen LogP contribution in [0.5, 0.6) is 6.01 Å². The minimum absolute atomic E-state index is 0.428. The number of hydrogen-bond acceptors (Lipinski definition) is 6. The first kappa shape index (κ1) is 15.9. The average molecular weight is 380 g/mol. The van der Waals surface area contributed by atoms with E-state index < -0.39 is 0 Å². The molecule has 0 aliphatic heterocycles. The molecule has 1 N–H and O–H groups in total. The van der Waals surface area contributed by atoms with E-state index in [0.717, 1.165) is 27.9 Å². The molecule has 0 aliphatic carbocycles. The van der Waals surface area contributed by atoms with Gasteiger partial charge in [0.15, 0.2) is 16.2 Å². The van der Waals surface area contributed by atoms with Crippen molar-refractivity contribution in [2.24, 2.45) is 0 Å². The van der Waals surface area contributed by atoms with Crippen molar-refractivity contribution >= 4 is 34.5 Å². The van der Waals surface area contributed by atoms with Gasteiger partial charge in [0.2, 0.25) is 5.78 Å². The molecule has 4 aromatic heterocycles. The van der Waals surface area contributed by atoms with E-state index >= 15 is 0 Å². The Morgan fingerprint density at radius 3 is 2.81 bits per heavy atom. The molecule has 0 saturated carbocycles. The van der Waals surface area contributed by atoms with Crippen molar-refractivity contribution in [2.45, 2.75) is 20.4 Å². The molecule has 0 bridgehead atoms. The van der Waals surface area contributed by atoms with E-state index in [1.54, 1.807) is 11.6 Å². The van der Waals surface area contributed by atoms with Gasteiger partial charge in [-0.25, -0.2) is 9.38 Å². The number of para-hydroxylation sites is 1. The number of rotatable bonds is 3. The van der Waals surface area contributed by atoms with Gasteiger partial charge >= 0.3 is 6.01 Å². The van der Waals surface area contributed by atoms with Crippen LogP contribution in [0.3, 0.4) is 0 Å². The van der Waals surface area contributed by atoms with Gasteiger partial charge in [0.05, 0.1) is 18.3 Å². The van der Waals surface area contributed by atoms with Crippen molar-refractivity contribution < 1.29 is 4.74 Å². The maximum atomic E-state index is 5.52. The molecule has 4 heterocycles. The molecular weight excluding hydrogens is 364 g/mol. The number of methoxy groups -OCH3 is 1. The summed E-state index contributed by atoms with van der Waals surface area (Å²) in [6, 6.07) is 8.25. The highest BCUT2D eigenvalue weighted by atomic mass is 32.1. The number of nitrogens with zero attached hydrogens (tertiary/aromatic N) is 7. The number of ether oxygens (including phenoxy) is 1. The van der Waals surface area contributed by atoms with E-state index in [2.05, 4.69) is 15.2 Å². The van der Waals surface area contributed by atoms with Crippen LogP contribution in [0.15, 0.2) is 24.3 Å². The lowest BCUT2D eigenvalue weighted by Gasteiger charge is -2.05. The summed E-state index contributed by atoms with van der Waals surface area (Å²) >= 11 is 5.34. The third kappa shape index (κ3) is 2.07. The molecule has 0 unspecified atom stereocenters. The van der Waals surface area contributed by atoms with Gasteiger partial charge in [0, 0.05) is 11.9 Å². The van der Waals surface area contributed by atoms with E-state index in [9.17, 15) is 0 Å². The van der Waals surface area contributed by atoms with Crippen molar-refractivity contribution in [3.8, 4) is 17.5 Å². The summed E-state index contributed by atoms with van der Waals surface area (Å²) in [7, 11) is 1.59. The lowest BCUT2D eigenvalue weighted by molar-refractivity contribution is 0.377. The average Bonchev–Trinajstić information content (AvgIpc) is 3.31. The van der Waals surface area contributed by atoms with Crippen LogP contribution in [0.1, 0.15) is 12.6 Å². The van der Waals surface area contributed by atoms with Crippen LogP contribution < -0.4 is 4.74 Å². The molecule has 0 atom stereocenters. The fourth-order valence-corrected chi connectivity index (χ4v) is 3.69. The molecule has 0 saturated heterocycles. The van der Waals surface area contributed by atoms with Crippen molar-refractivity contribution in [3.63, 3.8) is 0 Å². The van der Waals surface area contributed by atoms with E-state index in [4.69, 9.17) is 27.0 Å². The highest BCUT2D eigenvalue weighted by molar-refractivity contribution is 7.71. The van der Waals surface area contributed by atoms with Gasteiger partial charge < -0.3 is 4.74 Å². The zero-order valence-corrected chi connectivity index (χ0v) is 15.8. The fraction of sp³-hybridized carbons (Fsp3) is 0.235. The second kappa shape index (κ2) is 5.61. The summed E-state index contributed by atoms with van der Waals surface area (Å²) < 4.78 is 11.6. The minimum Gasteiger partial charge on any atom is -0.468 e. The number of nitrogens with one attached hydrogen (secondary N) is 1. The molecule has 9 nitrogen and oxygen atoms in total. The largest absolute Gasteiger partial charge is 0.468 e. The second-order valence-corrected chi connectivity index (χ2v) is 6.52. The molecule has 5 rings (SSSR count). The number of hydrogen-bond donors (Lipinski definition) is 1. The maximum Gasteiger partial charge on any atom is 0.305 e. The summed E-state index contributed by atoms with van der Waals surface area (Å²) in [6.45, 7) is 4.64. The number of aromatic nitrogens is 8. The monoisotopic (exact) mass is 380 g/mol. The number of fused-ring (bicyclic) bond motifs is 5. The van der Waals surface area contributed by atoms with Crippen LogP contribution in [-0.2, 0) is 6.54 Å². The Morgan fingerprint density at radius 1 is 1.22 bits per heavy atom. The summed E-state index contributed by atoms with van der Waals surface area (Å²) in [5, 5.41) is 13.0. The molecule has 0 spiro atoms. The Bertz CT molecular complexity index is 1390. The van der Waals surface area contributed by atoms with Crippen LogP contribution in [0.2, 0.25) is 0 Å². The summed E-state index contributed by atoms with van der Waals surface area (Å²) in [6.07, 6.45) is 0. The zero-order valence-electron chi connectivity index (χ0n) is 15.0. The molecule has 0 fully saturated rings. The van der Waals surface area contributed by atoms with Gasteiger partial charge in [0.1, 0.15) is 5.69 Å². The minimum atomic E-state index is 0.428. The highest BCUT2D eigenvalue weighted by Gasteiger charge is 2.23. The first-order valence-electron chi connectivity index (χ1n) is 8.50. The van der Waals surface area contributed by atoms with Crippen molar-refractivity contribution in [3.05, 3.63) is 34.7 Å². The summed E-state index contributed by atoms with van der Waals surface area (Å²) in [5.74, 6) is 1.32. The summed E-state index contributed by atoms with van der Waals surface area (Å²) in [4.78, 5) is 9.32. The smallest absolute Gasteiger partial charge is 0.305 e. The standard InChI is InChI=1S/C17H16N8OS/c1-4-23-14(20-21-17(23)27)12-9(2)18-15-24-13(22-25(12)15)10-7-5-6-8-11(10)19-16(24)26-3/h5-8H,4H2,1-3H3,(H,21,27). The third-order valence-electron chi connectivity index (χ3n) is 4.64. The van der Waals surface area contributed by atoms with Crippen LogP contribution in [0, 0.1) is 11.7 Å². The Kier molecular flexibility index (Phi) is 3.31. The number of H-pyrrole nitrogens is 1. The molecular formula is C17H16N8OS. The molecule has 5 aromatic rings. The maximum absolute atomic E-state index is 5.52. The molecule has 0 amide bonds. The van der Waals surface area contributed by atoms with Gasteiger partial charge in [-0.15, -0.1) is 5.10 Å². The highest BCUT2D eigenvalue weighted by Crippen LogP contribution is 2.28. The third-order valence-corrected chi connectivity index (χ3v) is 4.95. The molecule has 0 aliphatic rings. The Balaban J connectivity index is 1.96. The molecule has 0 radical (unpaired) electrons.